The molecule has 0 radical (unpaired) electrons. The van der Waals surface area contributed by atoms with Crippen molar-refractivity contribution in [2.45, 2.75) is 50.9 Å². The molecule has 28 heavy (non-hydrogen) atoms. The smallest absolute Gasteiger partial charge is 0.305 e. The Morgan fingerprint density at radius 2 is 0.714 bits per heavy atom. The lowest BCUT2D eigenvalue weighted by Gasteiger charge is -2.39. The van der Waals surface area contributed by atoms with Gasteiger partial charge in [-0.2, -0.15) is 35.1 Å². The number of hydrogen-bond donors (Lipinski definition) is 0. The standard InChI is InChI=1S/C12H20F8O6P2/c1-5-23-27(21,24-6-2)11(17,18)9(13,14)10(15,16)12(19,20)28(22,25-7-3)26-8-4/h5-8H2,1-4H3. The van der Waals surface area contributed by atoms with Crippen molar-refractivity contribution in [3.63, 3.8) is 0 Å². The van der Waals surface area contributed by atoms with Crippen molar-refractivity contribution < 1.29 is 62.3 Å². The molecule has 0 bridgehead atoms. The van der Waals surface area contributed by atoms with E-state index >= 15 is 0 Å². The average Bonchev–Trinajstić information content (AvgIpc) is 2.54. The first-order valence-corrected chi connectivity index (χ1v) is 10.9. The molecule has 0 aromatic rings. The van der Waals surface area contributed by atoms with E-state index in [4.69, 9.17) is 0 Å². The SMILES string of the molecule is CCOP(=O)(OCC)C(F)(F)C(F)(F)C(F)(F)C(F)(F)P(=O)(OCC)OCC. The number of hydrogen-bond acceptors (Lipinski definition) is 6. The molecule has 0 aliphatic rings. The van der Waals surface area contributed by atoms with Crippen molar-refractivity contribution >= 4 is 15.2 Å². The van der Waals surface area contributed by atoms with Crippen molar-refractivity contribution in [3.8, 4) is 0 Å². The van der Waals surface area contributed by atoms with E-state index in [1.54, 1.807) is 0 Å². The molecule has 6 nitrogen and oxygen atoms in total. The molecular weight excluding hydrogens is 454 g/mol. The largest absolute Gasteiger partial charge is 0.414 e. The average molecular weight is 474 g/mol. The van der Waals surface area contributed by atoms with Crippen LogP contribution >= 0.6 is 15.2 Å². The van der Waals surface area contributed by atoms with Gasteiger partial charge in [0, 0.05) is 0 Å². The van der Waals surface area contributed by atoms with Gasteiger partial charge in [-0.25, -0.2) is 0 Å². The summed E-state index contributed by atoms with van der Waals surface area (Å²) in [5.41, 5.74) is -12.9. The first-order valence-electron chi connectivity index (χ1n) is 7.79. The van der Waals surface area contributed by atoms with Gasteiger partial charge in [0.05, 0.1) is 26.4 Å². The van der Waals surface area contributed by atoms with E-state index < -0.39 is 64.8 Å². The molecule has 16 heteroatoms. The summed E-state index contributed by atoms with van der Waals surface area (Å²) in [6.07, 6.45) is 0. The summed E-state index contributed by atoms with van der Waals surface area (Å²) in [5.74, 6) is -14.1. The minimum Gasteiger partial charge on any atom is -0.305 e. The van der Waals surface area contributed by atoms with Crippen LogP contribution in [0.5, 0.6) is 0 Å². The molecule has 0 spiro atoms. The van der Waals surface area contributed by atoms with Gasteiger partial charge in [0.2, 0.25) is 0 Å². The van der Waals surface area contributed by atoms with E-state index in [9.17, 15) is 44.3 Å². The van der Waals surface area contributed by atoms with Gasteiger partial charge in [-0.05, 0) is 27.7 Å². The van der Waals surface area contributed by atoms with Crippen LogP contribution in [0, 0.1) is 0 Å². The van der Waals surface area contributed by atoms with Crippen molar-refractivity contribution in [2.24, 2.45) is 0 Å². The minimum absolute atomic E-state index is 0.894. The van der Waals surface area contributed by atoms with Crippen molar-refractivity contribution in [3.05, 3.63) is 0 Å². The zero-order valence-electron chi connectivity index (χ0n) is 15.2. The van der Waals surface area contributed by atoms with Crippen LogP contribution in [0.4, 0.5) is 35.1 Å². The summed E-state index contributed by atoms with van der Waals surface area (Å²) >= 11 is 0. The van der Waals surface area contributed by atoms with Gasteiger partial charge in [0.1, 0.15) is 0 Å². The molecule has 0 atom stereocenters. The Kier molecular flexibility index (Phi) is 9.17. The molecule has 0 aromatic heterocycles. The monoisotopic (exact) mass is 474 g/mol. The van der Waals surface area contributed by atoms with Gasteiger partial charge >= 0.3 is 38.4 Å². The van der Waals surface area contributed by atoms with Crippen LogP contribution in [0.3, 0.4) is 0 Å². The Hall–Kier alpha value is -0.260. The molecule has 0 saturated carbocycles. The summed E-state index contributed by atoms with van der Waals surface area (Å²) in [6.45, 7) is -0.253. The van der Waals surface area contributed by atoms with E-state index in [2.05, 4.69) is 18.1 Å². The van der Waals surface area contributed by atoms with Crippen LogP contribution < -0.4 is 0 Å². The lowest BCUT2D eigenvalue weighted by molar-refractivity contribution is -0.333. The molecule has 0 N–H and O–H groups in total. The Bertz CT molecular complexity index is 543. The van der Waals surface area contributed by atoms with Gasteiger partial charge in [-0.3, -0.25) is 9.13 Å². The third-order valence-electron chi connectivity index (χ3n) is 3.03. The van der Waals surface area contributed by atoms with Crippen LogP contribution in [0.15, 0.2) is 0 Å². The number of alkyl halides is 8. The highest BCUT2D eigenvalue weighted by Crippen LogP contribution is 2.75. The van der Waals surface area contributed by atoms with Crippen molar-refractivity contribution in [1.29, 1.82) is 0 Å². The predicted octanol–water partition coefficient (Wildman–Crippen LogP) is 5.97. The fourth-order valence-electron chi connectivity index (χ4n) is 1.80. The second-order valence-electron chi connectivity index (χ2n) is 4.90. The third-order valence-corrected chi connectivity index (χ3v) is 7.36. The zero-order chi connectivity index (χ0) is 22.7. The van der Waals surface area contributed by atoms with Crippen LogP contribution in [0.2, 0.25) is 0 Å². The maximum atomic E-state index is 14.2. The first-order chi connectivity index (χ1) is 12.5. The van der Waals surface area contributed by atoms with Crippen LogP contribution in [0.1, 0.15) is 27.7 Å². The van der Waals surface area contributed by atoms with Gasteiger partial charge in [-0.15, -0.1) is 0 Å². The van der Waals surface area contributed by atoms with Gasteiger partial charge < -0.3 is 18.1 Å². The third kappa shape index (κ3) is 4.27. The van der Waals surface area contributed by atoms with E-state index in [1.165, 1.54) is 0 Å². The van der Waals surface area contributed by atoms with Crippen LogP contribution in [-0.2, 0) is 27.2 Å². The Balaban J connectivity index is 6.55. The van der Waals surface area contributed by atoms with Crippen LogP contribution in [-0.4, -0.2) is 49.6 Å². The normalized spacial score (nSPS) is 15.1. The summed E-state index contributed by atoms with van der Waals surface area (Å²) < 4.78 is 153. The number of rotatable bonds is 13. The molecule has 170 valence electrons. The molecule has 0 amide bonds. The Labute approximate surface area is 155 Å². The van der Waals surface area contributed by atoms with Crippen molar-refractivity contribution in [1.82, 2.24) is 0 Å². The second-order valence-corrected chi connectivity index (χ2v) is 9.04. The zero-order valence-corrected chi connectivity index (χ0v) is 17.0. The first kappa shape index (κ1) is 27.7. The highest BCUT2D eigenvalue weighted by atomic mass is 31.2. The van der Waals surface area contributed by atoms with E-state index in [1.807, 2.05) is 0 Å². The molecule has 0 rings (SSSR count). The molecule has 0 fully saturated rings. The van der Waals surface area contributed by atoms with E-state index in [0.29, 0.717) is 0 Å². The summed E-state index contributed by atoms with van der Waals surface area (Å²) in [7, 11) is -12.7. The highest BCUT2D eigenvalue weighted by molar-refractivity contribution is 7.55. The van der Waals surface area contributed by atoms with Gasteiger partial charge in [0.25, 0.3) is 0 Å². The Morgan fingerprint density at radius 1 is 0.536 bits per heavy atom. The second kappa shape index (κ2) is 9.26. The molecule has 0 aliphatic carbocycles. The van der Waals surface area contributed by atoms with Gasteiger partial charge in [-0.1, -0.05) is 0 Å². The summed E-state index contributed by atoms with van der Waals surface area (Å²) in [6, 6.07) is 0. The van der Waals surface area contributed by atoms with Crippen LogP contribution in [0.25, 0.3) is 0 Å². The number of halogens is 8. The fraction of sp³-hybridized carbons (Fsp3) is 1.00. The lowest BCUT2D eigenvalue weighted by Crippen LogP contribution is -2.62. The molecule has 0 aromatic carbocycles. The minimum atomic E-state index is -7.05. The molecule has 0 aliphatic heterocycles. The molecular formula is C12H20F8O6P2. The fourth-order valence-corrected chi connectivity index (χ4v) is 4.93. The summed E-state index contributed by atoms with van der Waals surface area (Å²) in [4.78, 5) is 0. The molecule has 0 heterocycles. The molecule has 0 unspecified atom stereocenters. The quantitative estimate of drug-likeness (QED) is 0.242. The Morgan fingerprint density at radius 3 is 0.857 bits per heavy atom. The topological polar surface area (TPSA) is 71.1 Å². The maximum absolute atomic E-state index is 14.2. The highest BCUT2D eigenvalue weighted by Gasteiger charge is 2.89. The predicted molar refractivity (Wildman–Crippen MR) is 81.5 cm³/mol. The van der Waals surface area contributed by atoms with E-state index in [-0.39, 0.29) is 0 Å². The molecule has 0 saturated heterocycles. The van der Waals surface area contributed by atoms with Gasteiger partial charge in [0.15, 0.2) is 0 Å². The summed E-state index contributed by atoms with van der Waals surface area (Å²) in [5, 5.41) is 0. The van der Waals surface area contributed by atoms with E-state index in [0.717, 1.165) is 27.7 Å². The van der Waals surface area contributed by atoms with Crippen molar-refractivity contribution in [2.75, 3.05) is 26.4 Å². The maximum Gasteiger partial charge on any atom is 0.414 e. The lowest BCUT2D eigenvalue weighted by atomic mass is 10.2.